The number of rotatable bonds is 14. The number of nitrogens with one attached hydrogen (secondary N) is 2. The number of pyridine rings is 1. The summed E-state index contributed by atoms with van der Waals surface area (Å²) in [7, 11) is 0. The van der Waals surface area contributed by atoms with Crippen LogP contribution in [-0.2, 0) is 29.0 Å². The van der Waals surface area contributed by atoms with Gasteiger partial charge in [0.25, 0.3) is 0 Å². The fourth-order valence-electron chi connectivity index (χ4n) is 4.92. The number of aryl methyl sites for hydroxylation is 4. The zero-order valence-corrected chi connectivity index (χ0v) is 23.8. The molecule has 9 heteroatoms. The van der Waals surface area contributed by atoms with E-state index in [0.29, 0.717) is 19.4 Å². The smallest absolute Gasteiger partial charge is 0.326 e. The number of aromatic nitrogens is 3. The zero-order valence-electron chi connectivity index (χ0n) is 23.8. The lowest BCUT2D eigenvalue weighted by Gasteiger charge is -2.25. The van der Waals surface area contributed by atoms with Crippen molar-refractivity contribution in [1.29, 1.82) is 0 Å². The van der Waals surface area contributed by atoms with Gasteiger partial charge in [0.05, 0.1) is 12.2 Å². The van der Waals surface area contributed by atoms with E-state index in [1.165, 1.54) is 5.56 Å². The van der Waals surface area contributed by atoms with Gasteiger partial charge in [0.15, 0.2) is 0 Å². The van der Waals surface area contributed by atoms with Gasteiger partial charge in [-0.15, -0.1) is 0 Å². The number of anilines is 1. The highest BCUT2D eigenvalue weighted by molar-refractivity contribution is 5.83. The summed E-state index contributed by atoms with van der Waals surface area (Å²) in [6.07, 6.45) is 5.81. The number of hydrogen-bond donors (Lipinski definition) is 3. The first-order valence-electron chi connectivity index (χ1n) is 14.0. The van der Waals surface area contributed by atoms with E-state index < -0.39 is 12.0 Å². The summed E-state index contributed by atoms with van der Waals surface area (Å²) < 4.78 is 2.01. The van der Waals surface area contributed by atoms with E-state index in [4.69, 9.17) is 4.98 Å². The Bertz CT molecular complexity index is 1070. The van der Waals surface area contributed by atoms with Gasteiger partial charge in [0, 0.05) is 37.4 Å². The fourth-order valence-corrected chi connectivity index (χ4v) is 4.92. The average molecular weight is 527 g/mol. The molecule has 1 amide bonds. The molecule has 0 aromatic carbocycles. The molecule has 9 nitrogen and oxygen atoms in total. The Kier molecular flexibility index (Phi) is 10.7. The van der Waals surface area contributed by atoms with E-state index in [0.717, 1.165) is 81.2 Å². The van der Waals surface area contributed by atoms with Crippen molar-refractivity contribution in [1.82, 2.24) is 25.0 Å². The summed E-state index contributed by atoms with van der Waals surface area (Å²) in [5.41, 5.74) is 4.33. The van der Waals surface area contributed by atoms with Crippen LogP contribution in [0.2, 0.25) is 0 Å². The number of hydrogen-bond acceptors (Lipinski definition) is 6. The van der Waals surface area contributed by atoms with Gasteiger partial charge < -0.3 is 20.6 Å². The topological polar surface area (TPSA) is 112 Å². The molecule has 1 aliphatic heterocycles. The highest BCUT2D eigenvalue weighted by Crippen LogP contribution is 2.20. The van der Waals surface area contributed by atoms with Gasteiger partial charge in [0.1, 0.15) is 11.9 Å². The lowest BCUT2D eigenvalue weighted by Crippen LogP contribution is -2.44. The number of carbonyl (C=O) groups excluding carboxylic acids is 1. The van der Waals surface area contributed by atoms with Gasteiger partial charge in [0.2, 0.25) is 5.91 Å². The number of carboxylic acids is 1. The molecule has 1 unspecified atom stereocenters. The molecule has 0 bridgehead atoms. The molecule has 2 aromatic heterocycles. The standard InChI is InChI=1S/C29H46N6O3/c1-21-19-22(2)35(33-21)18-17-34(16-13-25(28(37)38)32-26(36)20-29(3,4)5)15-7-6-10-24-12-11-23-9-8-14-30-27(23)31-24/h11-12,19,25H,6-10,13-18,20H2,1-5H3,(H,30,31)(H,32,36)(H,37,38). The first-order chi connectivity index (χ1) is 18.0. The van der Waals surface area contributed by atoms with Crippen LogP contribution < -0.4 is 10.6 Å². The molecule has 2 aromatic rings. The molecule has 0 spiro atoms. The van der Waals surface area contributed by atoms with E-state index in [1.807, 2.05) is 32.4 Å². The minimum Gasteiger partial charge on any atom is -0.480 e. The molecule has 0 fully saturated rings. The van der Waals surface area contributed by atoms with Crippen molar-refractivity contribution in [3.63, 3.8) is 0 Å². The van der Waals surface area contributed by atoms with E-state index in [-0.39, 0.29) is 11.3 Å². The van der Waals surface area contributed by atoms with Crippen LogP contribution >= 0.6 is 0 Å². The maximum atomic E-state index is 12.4. The van der Waals surface area contributed by atoms with Crippen molar-refractivity contribution in [3.05, 3.63) is 40.8 Å². The molecule has 3 N–H and O–H groups in total. The molecule has 0 saturated carbocycles. The number of unbranched alkanes of at least 4 members (excludes halogenated alkanes) is 1. The van der Waals surface area contributed by atoms with Crippen LogP contribution in [0.25, 0.3) is 0 Å². The molecule has 1 atom stereocenters. The van der Waals surface area contributed by atoms with Crippen molar-refractivity contribution in [2.75, 3.05) is 31.5 Å². The van der Waals surface area contributed by atoms with Crippen LogP contribution in [0, 0.1) is 19.3 Å². The van der Waals surface area contributed by atoms with Gasteiger partial charge >= 0.3 is 5.97 Å². The summed E-state index contributed by atoms with van der Waals surface area (Å²) in [4.78, 5) is 31.4. The lowest BCUT2D eigenvalue weighted by atomic mass is 9.92. The summed E-state index contributed by atoms with van der Waals surface area (Å²) >= 11 is 0. The Hall–Kier alpha value is -2.94. The Labute approximate surface area is 227 Å². The quantitative estimate of drug-likeness (QED) is 0.319. The maximum absolute atomic E-state index is 12.4. The van der Waals surface area contributed by atoms with Gasteiger partial charge in [-0.3, -0.25) is 9.48 Å². The Morgan fingerprint density at radius 1 is 1.18 bits per heavy atom. The van der Waals surface area contributed by atoms with Crippen LogP contribution in [-0.4, -0.2) is 68.9 Å². The van der Waals surface area contributed by atoms with Crippen LogP contribution in [0.1, 0.15) is 75.5 Å². The minimum atomic E-state index is -0.988. The van der Waals surface area contributed by atoms with Gasteiger partial charge in [-0.1, -0.05) is 26.8 Å². The highest BCUT2D eigenvalue weighted by Gasteiger charge is 2.24. The summed E-state index contributed by atoms with van der Waals surface area (Å²) in [6, 6.07) is 5.51. The number of nitrogens with zero attached hydrogens (tertiary/aromatic N) is 4. The minimum absolute atomic E-state index is 0.193. The van der Waals surface area contributed by atoms with Gasteiger partial charge in [-0.05, 0) is 82.0 Å². The zero-order chi connectivity index (χ0) is 27.7. The van der Waals surface area contributed by atoms with Crippen LogP contribution in [0.4, 0.5) is 5.82 Å². The predicted octanol–water partition coefficient (Wildman–Crippen LogP) is 3.97. The van der Waals surface area contributed by atoms with Crippen molar-refractivity contribution in [2.45, 2.75) is 92.2 Å². The molecule has 3 heterocycles. The molecule has 0 aliphatic carbocycles. The number of carbonyl (C=O) groups is 2. The normalized spacial score (nSPS) is 14.2. The maximum Gasteiger partial charge on any atom is 0.326 e. The van der Waals surface area contributed by atoms with Crippen molar-refractivity contribution < 1.29 is 14.7 Å². The SMILES string of the molecule is Cc1cc(C)n(CCN(CCCCc2ccc3c(n2)NCCC3)CCC(NC(=O)CC(C)(C)C)C(=O)O)n1. The fraction of sp³-hybridized carbons (Fsp3) is 0.655. The van der Waals surface area contributed by atoms with E-state index in [2.05, 4.69) is 45.8 Å². The Balaban J connectivity index is 1.55. The Morgan fingerprint density at radius 2 is 1.97 bits per heavy atom. The molecule has 3 rings (SSSR count). The van der Waals surface area contributed by atoms with Crippen LogP contribution in [0.5, 0.6) is 0 Å². The molecule has 38 heavy (non-hydrogen) atoms. The first kappa shape index (κ1) is 29.6. The third kappa shape index (κ3) is 9.74. The Morgan fingerprint density at radius 3 is 2.66 bits per heavy atom. The lowest BCUT2D eigenvalue weighted by molar-refractivity contribution is -0.142. The first-order valence-corrected chi connectivity index (χ1v) is 14.0. The molecular formula is C29H46N6O3. The summed E-state index contributed by atoms with van der Waals surface area (Å²) in [6.45, 7) is 13.9. The second-order valence-corrected chi connectivity index (χ2v) is 11.8. The summed E-state index contributed by atoms with van der Waals surface area (Å²) in [5, 5.41) is 20.5. The van der Waals surface area contributed by atoms with Gasteiger partial charge in [-0.2, -0.15) is 5.10 Å². The molecular weight excluding hydrogens is 480 g/mol. The highest BCUT2D eigenvalue weighted by atomic mass is 16.4. The molecule has 210 valence electrons. The predicted molar refractivity (Wildman–Crippen MR) is 150 cm³/mol. The number of fused-ring (bicyclic) bond motifs is 1. The molecule has 1 aliphatic rings. The van der Waals surface area contributed by atoms with Crippen LogP contribution in [0.15, 0.2) is 18.2 Å². The van der Waals surface area contributed by atoms with E-state index in [9.17, 15) is 14.7 Å². The number of amides is 1. The number of aliphatic carboxylic acids is 1. The second kappa shape index (κ2) is 13.7. The monoisotopic (exact) mass is 526 g/mol. The van der Waals surface area contributed by atoms with Gasteiger partial charge in [-0.25, -0.2) is 9.78 Å². The summed E-state index contributed by atoms with van der Waals surface area (Å²) in [5.74, 6) is -0.169. The van der Waals surface area contributed by atoms with Crippen molar-refractivity contribution in [3.8, 4) is 0 Å². The number of carboxylic acid groups (broad SMARTS) is 1. The van der Waals surface area contributed by atoms with E-state index >= 15 is 0 Å². The third-order valence-electron chi connectivity index (χ3n) is 6.90. The van der Waals surface area contributed by atoms with Crippen molar-refractivity contribution in [2.24, 2.45) is 5.41 Å². The third-order valence-corrected chi connectivity index (χ3v) is 6.90. The average Bonchev–Trinajstić information content (AvgIpc) is 3.17. The largest absolute Gasteiger partial charge is 0.480 e. The van der Waals surface area contributed by atoms with E-state index in [1.54, 1.807) is 0 Å². The van der Waals surface area contributed by atoms with Crippen LogP contribution in [0.3, 0.4) is 0 Å². The van der Waals surface area contributed by atoms with Crippen molar-refractivity contribution >= 4 is 17.7 Å². The molecule has 0 saturated heterocycles. The second-order valence-electron chi connectivity index (χ2n) is 11.8. The molecule has 0 radical (unpaired) electrons.